The van der Waals surface area contributed by atoms with Crippen molar-refractivity contribution in [3.05, 3.63) is 0 Å². The van der Waals surface area contributed by atoms with Crippen LogP contribution in [0.15, 0.2) is 0 Å². The van der Waals surface area contributed by atoms with Crippen LogP contribution in [0.4, 0.5) is 0 Å². The quantitative estimate of drug-likeness (QED) is 0.504. The molecule has 0 bridgehead atoms. The summed E-state index contributed by atoms with van der Waals surface area (Å²) in [7, 11) is 0. The molecular formula is C5H9OS-. The van der Waals surface area contributed by atoms with E-state index in [1.165, 1.54) is 0 Å². The minimum Gasteiger partial charge on any atom is -0.742 e. The van der Waals surface area contributed by atoms with Crippen molar-refractivity contribution in [2.45, 2.75) is 20.3 Å². The van der Waals surface area contributed by atoms with Crippen molar-refractivity contribution in [1.29, 1.82) is 0 Å². The summed E-state index contributed by atoms with van der Waals surface area (Å²) >= 11 is 4.36. The number of carbonyl (C=O) groups excluding carboxylic acids is 1. The Morgan fingerprint density at radius 3 is 2.29 bits per heavy atom. The topological polar surface area (TPSA) is 17.1 Å². The molecule has 1 unspecified atom stereocenters. The van der Waals surface area contributed by atoms with E-state index in [9.17, 15) is 4.79 Å². The molecule has 0 saturated heterocycles. The Labute approximate surface area is 49.5 Å². The fourth-order valence-corrected chi connectivity index (χ4v) is 0.333. The summed E-state index contributed by atoms with van der Waals surface area (Å²) in [5.41, 5.74) is 0. The van der Waals surface area contributed by atoms with Crippen LogP contribution in [0.5, 0.6) is 0 Å². The third kappa shape index (κ3) is 2.57. The molecule has 0 aromatic carbocycles. The van der Waals surface area contributed by atoms with Gasteiger partial charge >= 0.3 is 0 Å². The predicted octanol–water partition coefficient (Wildman–Crippen LogP) is 1.11. The fourth-order valence-electron chi connectivity index (χ4n) is 0.167. The first-order valence-corrected chi connectivity index (χ1v) is 2.80. The lowest BCUT2D eigenvalue weighted by atomic mass is 10.1. The monoisotopic (exact) mass is 117 g/mol. The first-order valence-electron chi connectivity index (χ1n) is 2.39. The molecule has 7 heavy (non-hydrogen) atoms. The molecule has 0 N–H and O–H groups in total. The van der Waals surface area contributed by atoms with Crippen molar-refractivity contribution in [1.82, 2.24) is 0 Å². The summed E-state index contributed by atoms with van der Waals surface area (Å²) in [5, 5.41) is -0.123. The average Bonchev–Trinajstić information content (AvgIpc) is 1.65. The Hall–Kier alpha value is -0.110. The van der Waals surface area contributed by atoms with Crippen LogP contribution >= 0.6 is 0 Å². The van der Waals surface area contributed by atoms with Crippen molar-refractivity contribution in [2.24, 2.45) is 5.92 Å². The zero-order chi connectivity index (χ0) is 5.86. The van der Waals surface area contributed by atoms with Gasteiger partial charge in [-0.2, -0.15) is 0 Å². The van der Waals surface area contributed by atoms with Gasteiger partial charge in [-0.25, -0.2) is 0 Å². The van der Waals surface area contributed by atoms with E-state index >= 15 is 0 Å². The first-order chi connectivity index (χ1) is 3.18. The number of carbonyl (C=O) groups is 1. The molecule has 0 aromatic heterocycles. The standard InChI is InChI=1S/C5H10OS/c1-3-4(2)5(6)7/h4H,3H2,1-2H3,(H,6,7)/p-1. The van der Waals surface area contributed by atoms with E-state index in [0.717, 1.165) is 6.42 Å². The normalized spacial score (nSPS) is 13.4. The highest BCUT2D eigenvalue weighted by atomic mass is 32.1. The molecule has 0 spiro atoms. The van der Waals surface area contributed by atoms with Gasteiger partial charge in [0.25, 0.3) is 0 Å². The zero-order valence-electron chi connectivity index (χ0n) is 4.60. The van der Waals surface area contributed by atoms with Gasteiger partial charge in [0.05, 0.1) is 0 Å². The molecule has 0 aliphatic heterocycles. The van der Waals surface area contributed by atoms with Gasteiger partial charge < -0.3 is 17.4 Å². The van der Waals surface area contributed by atoms with Gasteiger partial charge in [0.1, 0.15) is 0 Å². The van der Waals surface area contributed by atoms with E-state index in [-0.39, 0.29) is 11.0 Å². The molecule has 0 aliphatic rings. The van der Waals surface area contributed by atoms with E-state index in [4.69, 9.17) is 0 Å². The second-order valence-electron chi connectivity index (χ2n) is 1.63. The summed E-state index contributed by atoms with van der Waals surface area (Å²) in [6, 6.07) is 0. The van der Waals surface area contributed by atoms with Gasteiger partial charge in [-0.05, 0) is 12.3 Å². The summed E-state index contributed by atoms with van der Waals surface area (Å²) in [6.07, 6.45) is 0.863. The molecule has 0 fully saturated rings. The molecule has 42 valence electrons. The second-order valence-corrected chi connectivity index (χ2v) is 2.03. The lowest BCUT2D eigenvalue weighted by Gasteiger charge is -2.08. The van der Waals surface area contributed by atoms with Crippen molar-refractivity contribution in [2.75, 3.05) is 0 Å². The van der Waals surface area contributed by atoms with Crippen molar-refractivity contribution in [3.63, 3.8) is 0 Å². The van der Waals surface area contributed by atoms with E-state index in [1.54, 1.807) is 0 Å². The average molecular weight is 117 g/mol. The maximum Gasteiger partial charge on any atom is 0.0147 e. The van der Waals surface area contributed by atoms with E-state index in [2.05, 4.69) is 12.6 Å². The molecule has 0 aliphatic carbocycles. The third-order valence-electron chi connectivity index (χ3n) is 1.01. The van der Waals surface area contributed by atoms with E-state index in [0.29, 0.717) is 0 Å². The smallest absolute Gasteiger partial charge is 0.0147 e. The van der Waals surface area contributed by atoms with E-state index < -0.39 is 0 Å². The van der Waals surface area contributed by atoms with Gasteiger partial charge in [0.2, 0.25) is 0 Å². The van der Waals surface area contributed by atoms with Crippen molar-refractivity contribution in [3.8, 4) is 0 Å². The molecule has 0 amide bonds. The van der Waals surface area contributed by atoms with Crippen molar-refractivity contribution < 1.29 is 4.79 Å². The lowest BCUT2D eigenvalue weighted by molar-refractivity contribution is -0.113. The molecule has 0 radical (unpaired) electrons. The molecule has 1 nitrogen and oxygen atoms in total. The van der Waals surface area contributed by atoms with Crippen LogP contribution in [-0.2, 0) is 17.4 Å². The zero-order valence-corrected chi connectivity index (χ0v) is 5.42. The third-order valence-corrected chi connectivity index (χ3v) is 1.42. The summed E-state index contributed by atoms with van der Waals surface area (Å²) in [5.74, 6) is 0.0787. The van der Waals surface area contributed by atoms with Crippen LogP contribution in [0, 0.1) is 5.92 Å². The molecule has 0 aromatic rings. The van der Waals surface area contributed by atoms with Gasteiger partial charge in [-0.3, -0.25) is 0 Å². The van der Waals surface area contributed by atoms with Gasteiger partial charge in [0.15, 0.2) is 0 Å². The Balaban J connectivity index is 3.34. The number of hydrogen-bond acceptors (Lipinski definition) is 2. The summed E-state index contributed by atoms with van der Waals surface area (Å²) in [4.78, 5) is 10.2. The number of hydrogen-bond donors (Lipinski definition) is 0. The van der Waals surface area contributed by atoms with Crippen LogP contribution in [0.2, 0.25) is 0 Å². The molecule has 0 rings (SSSR count). The van der Waals surface area contributed by atoms with Crippen LogP contribution in [-0.4, -0.2) is 5.12 Å². The Kier molecular flexibility index (Phi) is 2.92. The van der Waals surface area contributed by atoms with Gasteiger partial charge in [0, 0.05) is 5.12 Å². The van der Waals surface area contributed by atoms with Crippen LogP contribution in [0.3, 0.4) is 0 Å². The highest BCUT2D eigenvalue weighted by molar-refractivity contribution is 7.77. The minimum absolute atomic E-state index is 0.0787. The molecule has 0 saturated carbocycles. The molecule has 0 heterocycles. The van der Waals surface area contributed by atoms with Gasteiger partial charge in [-0.15, -0.1) is 0 Å². The van der Waals surface area contributed by atoms with Crippen LogP contribution in [0.25, 0.3) is 0 Å². The highest BCUT2D eigenvalue weighted by Crippen LogP contribution is 1.98. The molecular weight excluding hydrogens is 108 g/mol. The maximum absolute atomic E-state index is 10.2. The lowest BCUT2D eigenvalue weighted by Crippen LogP contribution is -2.04. The highest BCUT2D eigenvalue weighted by Gasteiger charge is 1.93. The summed E-state index contributed by atoms with van der Waals surface area (Å²) < 4.78 is 0. The minimum atomic E-state index is -0.123. The van der Waals surface area contributed by atoms with E-state index in [1.807, 2.05) is 13.8 Å². The van der Waals surface area contributed by atoms with Crippen molar-refractivity contribution >= 4 is 17.7 Å². The fraction of sp³-hybridized carbons (Fsp3) is 0.800. The second kappa shape index (κ2) is 2.97. The Morgan fingerprint density at radius 2 is 2.29 bits per heavy atom. The Bertz CT molecular complexity index is 70.5. The SMILES string of the molecule is CCC(C)C(=O)[S-]. The summed E-state index contributed by atoms with van der Waals surface area (Å²) in [6.45, 7) is 3.80. The number of rotatable bonds is 2. The first kappa shape index (κ1) is 6.89. The van der Waals surface area contributed by atoms with Gasteiger partial charge in [-0.1, -0.05) is 13.8 Å². The Morgan fingerprint density at radius 1 is 1.86 bits per heavy atom. The maximum atomic E-state index is 10.2. The predicted molar refractivity (Wildman–Crippen MR) is 31.8 cm³/mol. The molecule has 1 atom stereocenters. The largest absolute Gasteiger partial charge is 0.742 e. The van der Waals surface area contributed by atoms with Crippen LogP contribution < -0.4 is 0 Å². The van der Waals surface area contributed by atoms with Crippen LogP contribution in [0.1, 0.15) is 20.3 Å². The molecule has 2 heteroatoms.